The van der Waals surface area contributed by atoms with Gasteiger partial charge in [-0.2, -0.15) is 9.97 Å². The van der Waals surface area contributed by atoms with Crippen molar-refractivity contribution in [2.75, 3.05) is 37.9 Å². The van der Waals surface area contributed by atoms with Crippen LogP contribution in [0.15, 0.2) is 36.7 Å². The molecular formula is C31H45ClN7O9PS. The third-order valence-corrected chi connectivity index (χ3v) is 10.7. The molecule has 0 bridgehead atoms. The largest absolute Gasteiger partial charge is 0.476 e. The smallest absolute Gasteiger partial charge is 0.407 e. The number of halogens is 1. The Hall–Kier alpha value is -3.02. The Morgan fingerprint density at radius 2 is 1.96 bits per heavy atom. The molecule has 5 N–H and O–H groups in total. The SMILES string of the molecule is CCOc1nc(N)nc2c1ncn2[C@@H]1O[C@H](CO[P@@](=O)(NCc2ccccc2)OCCSC(=O)C(C)(C)CNC(=O)OC(C)C)[C@@H](O)[C@@]1(C)Cl. The number of anilines is 1. The maximum absolute atomic E-state index is 14.0. The quantitative estimate of drug-likeness (QED) is 0.0853. The van der Waals surface area contributed by atoms with Crippen LogP contribution < -0.4 is 20.9 Å². The summed E-state index contributed by atoms with van der Waals surface area (Å²) in [5.74, 6) is 0.287. The van der Waals surface area contributed by atoms with Crippen molar-refractivity contribution in [2.45, 2.75) is 77.5 Å². The van der Waals surface area contributed by atoms with E-state index in [0.29, 0.717) is 12.1 Å². The van der Waals surface area contributed by atoms with E-state index in [0.717, 1.165) is 17.3 Å². The highest BCUT2D eigenvalue weighted by molar-refractivity contribution is 8.13. The van der Waals surface area contributed by atoms with E-state index in [4.69, 9.17) is 40.6 Å². The standard InChI is InChI=1S/C31H45ClN7O9PS/c1-7-44-25-22-24(37-28(33)38-25)39(18-35-22)26-31(6,32)23(40)21(48-26)16-46-49(43,36-15-20-11-9-8-10-12-20)45-13-14-50-27(41)30(4,5)17-34-29(42)47-19(2)3/h8-12,18-19,21,23,26,40H,7,13-17H2,1-6H3,(H,34,42)(H,36,43)(H2,33,37,38)/t21-,23-,26-,31-,49-/m1/s1. The third kappa shape index (κ3) is 10.1. The summed E-state index contributed by atoms with van der Waals surface area (Å²) >= 11 is 7.84. The summed E-state index contributed by atoms with van der Waals surface area (Å²) in [6.45, 7) is 10.3. The van der Waals surface area contributed by atoms with E-state index in [1.54, 1.807) is 41.5 Å². The number of aliphatic hydroxyl groups is 1. The van der Waals surface area contributed by atoms with Gasteiger partial charge in [0, 0.05) is 18.8 Å². The zero-order valence-electron chi connectivity index (χ0n) is 28.8. The molecule has 4 rings (SSSR count). The Balaban J connectivity index is 1.41. The van der Waals surface area contributed by atoms with Gasteiger partial charge in [-0.3, -0.25) is 18.4 Å². The van der Waals surface area contributed by atoms with Crippen LogP contribution in [-0.4, -0.2) is 91.1 Å². The first kappa shape index (κ1) is 39.8. The molecule has 0 saturated carbocycles. The van der Waals surface area contributed by atoms with Crippen molar-refractivity contribution in [3.8, 4) is 5.88 Å². The van der Waals surface area contributed by atoms with Gasteiger partial charge in [-0.1, -0.05) is 55.9 Å². The summed E-state index contributed by atoms with van der Waals surface area (Å²) in [7, 11) is -4.04. The molecule has 19 heteroatoms. The van der Waals surface area contributed by atoms with Crippen LogP contribution in [0, 0.1) is 5.41 Å². The average molecular weight is 758 g/mol. The number of hydrogen-bond donors (Lipinski definition) is 4. The van der Waals surface area contributed by atoms with Crippen LogP contribution in [0.1, 0.15) is 53.3 Å². The normalized spacial score (nSPS) is 22.1. The number of nitrogens with zero attached hydrogens (tertiary/aromatic N) is 4. The van der Waals surface area contributed by atoms with Gasteiger partial charge in [-0.15, -0.1) is 11.6 Å². The highest BCUT2D eigenvalue weighted by atomic mass is 35.5. The molecule has 0 spiro atoms. The molecule has 2 aromatic heterocycles. The number of nitrogens with two attached hydrogens (primary N) is 1. The third-order valence-electron chi connectivity index (χ3n) is 7.53. The molecule has 1 fully saturated rings. The Bertz CT molecular complexity index is 1660. The van der Waals surface area contributed by atoms with Crippen molar-refractivity contribution in [2.24, 2.45) is 5.41 Å². The van der Waals surface area contributed by atoms with E-state index < -0.39 is 42.6 Å². The molecule has 50 heavy (non-hydrogen) atoms. The molecule has 0 aliphatic carbocycles. The lowest BCUT2D eigenvalue weighted by molar-refractivity contribution is -0.117. The molecule has 5 atom stereocenters. The molecule has 3 heterocycles. The summed E-state index contributed by atoms with van der Waals surface area (Å²) < 4.78 is 43.9. The number of alkyl carbamates (subject to hydrolysis) is 1. The number of thioether (sulfide) groups is 1. The molecular weight excluding hydrogens is 713 g/mol. The van der Waals surface area contributed by atoms with Crippen LogP contribution >= 0.6 is 31.1 Å². The fraction of sp³-hybridized carbons (Fsp3) is 0.581. The Morgan fingerprint density at radius 3 is 2.64 bits per heavy atom. The highest BCUT2D eigenvalue weighted by Gasteiger charge is 2.54. The number of rotatable bonds is 17. The van der Waals surface area contributed by atoms with Crippen LogP contribution in [-0.2, 0) is 34.4 Å². The molecule has 0 radical (unpaired) electrons. The van der Waals surface area contributed by atoms with Gasteiger partial charge >= 0.3 is 13.8 Å². The van der Waals surface area contributed by atoms with E-state index in [1.807, 2.05) is 30.3 Å². The van der Waals surface area contributed by atoms with E-state index in [-0.39, 0.29) is 60.8 Å². The van der Waals surface area contributed by atoms with Gasteiger partial charge in [0.25, 0.3) is 0 Å². The first-order valence-electron chi connectivity index (χ1n) is 16.0. The molecule has 16 nitrogen and oxygen atoms in total. The maximum Gasteiger partial charge on any atom is 0.407 e. The first-order valence-corrected chi connectivity index (χ1v) is 18.9. The van der Waals surface area contributed by atoms with Crippen molar-refractivity contribution >= 4 is 59.4 Å². The van der Waals surface area contributed by atoms with E-state index in [2.05, 4.69) is 25.4 Å². The highest BCUT2D eigenvalue weighted by Crippen LogP contribution is 2.48. The Labute approximate surface area is 300 Å². The Kier molecular flexibility index (Phi) is 13.5. The van der Waals surface area contributed by atoms with Crippen LogP contribution in [0.25, 0.3) is 11.2 Å². The first-order chi connectivity index (χ1) is 23.6. The molecule has 1 aliphatic rings. The second-order valence-electron chi connectivity index (χ2n) is 12.5. The number of alkyl halides is 1. The molecule has 0 unspecified atom stereocenters. The lowest BCUT2D eigenvalue weighted by Crippen LogP contribution is -2.40. The minimum atomic E-state index is -4.04. The molecule has 1 aromatic carbocycles. The molecule has 1 aliphatic heterocycles. The number of benzene rings is 1. The van der Waals surface area contributed by atoms with Gasteiger partial charge in [0.15, 0.2) is 22.5 Å². The van der Waals surface area contributed by atoms with Gasteiger partial charge in [0.1, 0.15) is 17.1 Å². The minimum Gasteiger partial charge on any atom is -0.476 e. The summed E-state index contributed by atoms with van der Waals surface area (Å²) in [5.41, 5.74) is 6.45. The van der Waals surface area contributed by atoms with E-state index in [9.17, 15) is 19.3 Å². The fourth-order valence-electron chi connectivity index (χ4n) is 4.86. The van der Waals surface area contributed by atoms with Crippen LogP contribution in [0.5, 0.6) is 5.88 Å². The zero-order chi connectivity index (χ0) is 36.7. The van der Waals surface area contributed by atoms with Crippen molar-refractivity contribution in [3.63, 3.8) is 0 Å². The van der Waals surface area contributed by atoms with Gasteiger partial charge in [-0.25, -0.2) is 19.4 Å². The number of aliphatic hydroxyl groups excluding tert-OH is 1. The average Bonchev–Trinajstić information content (AvgIpc) is 3.57. The maximum atomic E-state index is 14.0. The number of imidazole rings is 1. The summed E-state index contributed by atoms with van der Waals surface area (Å²) in [4.78, 5) is 36.1. The summed E-state index contributed by atoms with van der Waals surface area (Å²) in [5, 5.41) is 16.5. The number of hydrogen-bond acceptors (Lipinski definition) is 14. The predicted octanol–water partition coefficient (Wildman–Crippen LogP) is 4.41. The summed E-state index contributed by atoms with van der Waals surface area (Å²) in [6, 6.07) is 9.22. The van der Waals surface area contributed by atoms with Crippen molar-refractivity contribution < 1.29 is 42.5 Å². The molecule has 3 aromatic rings. The van der Waals surface area contributed by atoms with Gasteiger partial charge < -0.3 is 30.4 Å². The molecule has 1 saturated heterocycles. The lowest BCUT2D eigenvalue weighted by atomic mass is 9.96. The monoisotopic (exact) mass is 757 g/mol. The van der Waals surface area contributed by atoms with Crippen LogP contribution in [0.2, 0.25) is 0 Å². The zero-order valence-corrected chi connectivity index (χ0v) is 31.3. The molecule has 1 amide bonds. The lowest BCUT2D eigenvalue weighted by Gasteiger charge is -2.26. The second-order valence-corrected chi connectivity index (χ2v) is 16.3. The fourth-order valence-corrected chi connectivity index (χ4v) is 7.40. The van der Waals surface area contributed by atoms with Gasteiger partial charge in [-0.05, 0) is 33.3 Å². The number of carbonyl (C=O) groups is 2. The number of nitrogens with one attached hydrogen (secondary N) is 2. The van der Waals surface area contributed by atoms with Crippen molar-refractivity contribution in [1.29, 1.82) is 0 Å². The van der Waals surface area contributed by atoms with Crippen molar-refractivity contribution in [3.05, 3.63) is 42.2 Å². The number of amides is 1. The number of aromatic nitrogens is 4. The van der Waals surface area contributed by atoms with E-state index >= 15 is 0 Å². The van der Waals surface area contributed by atoms with Crippen molar-refractivity contribution in [1.82, 2.24) is 29.9 Å². The topological polar surface area (TPSA) is 211 Å². The number of carbonyl (C=O) groups excluding carboxylic acids is 2. The predicted molar refractivity (Wildman–Crippen MR) is 189 cm³/mol. The number of ether oxygens (including phenoxy) is 3. The van der Waals surface area contributed by atoms with Crippen LogP contribution in [0.4, 0.5) is 10.7 Å². The van der Waals surface area contributed by atoms with E-state index in [1.165, 1.54) is 10.9 Å². The minimum absolute atomic E-state index is 0.0496. The number of fused-ring (bicyclic) bond motifs is 1. The Morgan fingerprint density at radius 1 is 1.24 bits per heavy atom. The summed E-state index contributed by atoms with van der Waals surface area (Å²) in [6.07, 6.45) is -2.80. The second kappa shape index (κ2) is 17.0. The van der Waals surface area contributed by atoms with Gasteiger partial charge in [0.05, 0.1) is 37.7 Å². The number of nitrogen functional groups attached to an aromatic ring is 1. The van der Waals surface area contributed by atoms with Gasteiger partial charge in [0.2, 0.25) is 11.8 Å². The van der Waals surface area contributed by atoms with Crippen LogP contribution in [0.3, 0.4) is 0 Å². The molecule has 276 valence electrons.